The SMILES string of the molecule is CCNC(=NCc1ncc(C(C)(C)C)o1)NCCNC(=O)c1ccccc1.I. The minimum Gasteiger partial charge on any atom is -0.443 e. The smallest absolute Gasteiger partial charge is 0.251 e. The van der Waals surface area contributed by atoms with Gasteiger partial charge in [0.1, 0.15) is 12.3 Å². The third-order valence-corrected chi connectivity index (χ3v) is 3.75. The molecule has 2 rings (SSSR count). The molecule has 0 spiro atoms. The number of carbonyl (C=O) groups is 1. The van der Waals surface area contributed by atoms with Crippen molar-refractivity contribution in [2.24, 2.45) is 4.99 Å². The third-order valence-electron chi connectivity index (χ3n) is 3.75. The van der Waals surface area contributed by atoms with Crippen molar-refractivity contribution in [3.63, 3.8) is 0 Å². The molecule has 154 valence electrons. The normalized spacial score (nSPS) is 11.5. The van der Waals surface area contributed by atoms with Crippen LogP contribution < -0.4 is 16.0 Å². The van der Waals surface area contributed by atoms with Crippen molar-refractivity contribution in [2.75, 3.05) is 19.6 Å². The topological polar surface area (TPSA) is 91.6 Å². The van der Waals surface area contributed by atoms with Crippen LogP contribution >= 0.6 is 24.0 Å². The first-order valence-electron chi connectivity index (χ1n) is 9.20. The maximum absolute atomic E-state index is 12.0. The zero-order valence-electron chi connectivity index (χ0n) is 16.9. The Morgan fingerprint density at radius 3 is 2.39 bits per heavy atom. The monoisotopic (exact) mass is 499 g/mol. The number of guanidine groups is 1. The fourth-order valence-electron chi connectivity index (χ4n) is 2.27. The van der Waals surface area contributed by atoms with Crippen molar-refractivity contribution in [1.29, 1.82) is 0 Å². The van der Waals surface area contributed by atoms with Crippen molar-refractivity contribution in [1.82, 2.24) is 20.9 Å². The van der Waals surface area contributed by atoms with E-state index >= 15 is 0 Å². The first-order chi connectivity index (χ1) is 12.9. The summed E-state index contributed by atoms with van der Waals surface area (Å²) in [5.41, 5.74) is 0.575. The van der Waals surface area contributed by atoms with Gasteiger partial charge in [-0.3, -0.25) is 4.79 Å². The van der Waals surface area contributed by atoms with E-state index in [-0.39, 0.29) is 35.3 Å². The zero-order chi connectivity index (χ0) is 19.7. The molecule has 0 aliphatic heterocycles. The second kappa shape index (κ2) is 11.7. The summed E-state index contributed by atoms with van der Waals surface area (Å²) in [6.45, 7) is 10.4. The number of oxazole rings is 1. The number of nitrogens with one attached hydrogen (secondary N) is 3. The second-order valence-corrected chi connectivity index (χ2v) is 7.11. The standard InChI is InChI=1S/C20H29N5O2.HI/c1-5-21-19(25-14-17-24-13-16(27-17)20(2,3)4)23-12-11-22-18(26)15-9-7-6-8-10-15;/h6-10,13H,5,11-12,14H2,1-4H3,(H,22,26)(H2,21,23,25);1H. The second-order valence-electron chi connectivity index (χ2n) is 7.11. The Morgan fingerprint density at radius 1 is 1.11 bits per heavy atom. The van der Waals surface area contributed by atoms with Crippen LogP contribution in [0.1, 0.15) is 49.7 Å². The number of carbonyl (C=O) groups excluding carboxylic acids is 1. The fourth-order valence-corrected chi connectivity index (χ4v) is 2.27. The molecule has 1 amide bonds. The Labute approximate surface area is 183 Å². The molecule has 3 N–H and O–H groups in total. The molecule has 0 saturated carbocycles. The molecular formula is C20H30IN5O2. The van der Waals surface area contributed by atoms with Gasteiger partial charge >= 0.3 is 0 Å². The van der Waals surface area contributed by atoms with E-state index < -0.39 is 0 Å². The summed E-state index contributed by atoms with van der Waals surface area (Å²) in [4.78, 5) is 20.8. The molecule has 0 aliphatic rings. The molecule has 1 aromatic carbocycles. The van der Waals surface area contributed by atoms with Crippen LogP contribution in [0.2, 0.25) is 0 Å². The highest BCUT2D eigenvalue weighted by atomic mass is 127. The summed E-state index contributed by atoms with van der Waals surface area (Å²) in [5.74, 6) is 1.99. The van der Waals surface area contributed by atoms with E-state index in [1.807, 2.05) is 25.1 Å². The molecule has 8 heteroatoms. The third kappa shape index (κ3) is 7.87. The number of halogens is 1. The van der Waals surface area contributed by atoms with Crippen LogP contribution in [0.3, 0.4) is 0 Å². The molecular weight excluding hydrogens is 469 g/mol. The minimum atomic E-state index is -0.0890. The molecule has 0 fully saturated rings. The van der Waals surface area contributed by atoms with Gasteiger partial charge in [0, 0.05) is 30.6 Å². The highest BCUT2D eigenvalue weighted by Crippen LogP contribution is 2.22. The lowest BCUT2D eigenvalue weighted by molar-refractivity contribution is 0.0954. The van der Waals surface area contributed by atoms with E-state index in [2.05, 4.69) is 46.7 Å². The summed E-state index contributed by atoms with van der Waals surface area (Å²) < 4.78 is 5.75. The lowest BCUT2D eigenvalue weighted by atomic mass is 9.94. The molecule has 0 radical (unpaired) electrons. The van der Waals surface area contributed by atoms with Crippen LogP contribution in [0.4, 0.5) is 0 Å². The Hall–Kier alpha value is -2.10. The number of rotatable bonds is 7. The van der Waals surface area contributed by atoms with Crippen molar-refractivity contribution in [3.05, 3.63) is 53.7 Å². The van der Waals surface area contributed by atoms with E-state index in [4.69, 9.17) is 4.42 Å². The lowest BCUT2D eigenvalue weighted by Gasteiger charge is -2.13. The zero-order valence-corrected chi connectivity index (χ0v) is 19.2. The number of hydrogen-bond donors (Lipinski definition) is 3. The van der Waals surface area contributed by atoms with Gasteiger partial charge in [-0.05, 0) is 19.1 Å². The van der Waals surface area contributed by atoms with Gasteiger partial charge in [0.2, 0.25) is 5.89 Å². The van der Waals surface area contributed by atoms with Crippen molar-refractivity contribution in [2.45, 2.75) is 39.7 Å². The van der Waals surface area contributed by atoms with Crippen LogP contribution in [0.5, 0.6) is 0 Å². The predicted octanol–water partition coefficient (Wildman–Crippen LogP) is 3.08. The molecule has 1 heterocycles. The summed E-state index contributed by atoms with van der Waals surface area (Å²) >= 11 is 0. The van der Waals surface area contributed by atoms with Gasteiger partial charge in [0.15, 0.2) is 5.96 Å². The summed E-state index contributed by atoms with van der Waals surface area (Å²) in [6.07, 6.45) is 1.75. The average Bonchev–Trinajstić information content (AvgIpc) is 3.13. The van der Waals surface area contributed by atoms with Gasteiger partial charge < -0.3 is 20.4 Å². The first-order valence-corrected chi connectivity index (χ1v) is 9.20. The minimum absolute atomic E-state index is 0. The number of benzene rings is 1. The Kier molecular flexibility index (Phi) is 9.98. The summed E-state index contributed by atoms with van der Waals surface area (Å²) in [5, 5.41) is 9.23. The van der Waals surface area contributed by atoms with Crippen LogP contribution in [-0.4, -0.2) is 36.5 Å². The quantitative estimate of drug-likeness (QED) is 0.236. The van der Waals surface area contributed by atoms with Gasteiger partial charge in [-0.25, -0.2) is 9.98 Å². The fraction of sp³-hybridized carbons (Fsp3) is 0.450. The molecule has 1 aromatic heterocycles. The largest absolute Gasteiger partial charge is 0.443 e. The van der Waals surface area contributed by atoms with Gasteiger partial charge in [-0.2, -0.15) is 0 Å². The number of nitrogens with zero attached hydrogens (tertiary/aromatic N) is 2. The van der Waals surface area contributed by atoms with E-state index in [0.717, 1.165) is 12.3 Å². The molecule has 0 saturated heterocycles. The van der Waals surface area contributed by atoms with Crippen molar-refractivity contribution >= 4 is 35.8 Å². The number of aliphatic imine (C=N–C) groups is 1. The van der Waals surface area contributed by atoms with E-state index in [9.17, 15) is 4.79 Å². The molecule has 0 atom stereocenters. The molecule has 2 aromatic rings. The highest BCUT2D eigenvalue weighted by molar-refractivity contribution is 14.0. The van der Waals surface area contributed by atoms with Gasteiger partial charge in [0.25, 0.3) is 5.91 Å². The molecule has 28 heavy (non-hydrogen) atoms. The highest BCUT2D eigenvalue weighted by Gasteiger charge is 2.19. The summed E-state index contributed by atoms with van der Waals surface area (Å²) in [6, 6.07) is 9.15. The van der Waals surface area contributed by atoms with E-state index in [1.165, 1.54) is 0 Å². The maximum Gasteiger partial charge on any atom is 0.251 e. The Bertz CT molecular complexity index is 753. The molecule has 0 aliphatic carbocycles. The molecule has 7 nitrogen and oxygen atoms in total. The lowest BCUT2D eigenvalue weighted by Crippen LogP contribution is -2.41. The van der Waals surface area contributed by atoms with Crippen molar-refractivity contribution in [3.8, 4) is 0 Å². The Balaban J connectivity index is 0.00000392. The molecule has 0 unspecified atom stereocenters. The van der Waals surface area contributed by atoms with Crippen LogP contribution in [0, 0.1) is 0 Å². The van der Waals surface area contributed by atoms with E-state index in [0.29, 0.717) is 37.0 Å². The van der Waals surface area contributed by atoms with Crippen LogP contribution in [0.25, 0.3) is 0 Å². The van der Waals surface area contributed by atoms with Gasteiger partial charge in [-0.1, -0.05) is 39.0 Å². The number of hydrogen-bond acceptors (Lipinski definition) is 4. The molecule has 0 bridgehead atoms. The maximum atomic E-state index is 12.0. The number of amides is 1. The predicted molar refractivity (Wildman–Crippen MR) is 122 cm³/mol. The van der Waals surface area contributed by atoms with Gasteiger partial charge in [0.05, 0.1) is 6.20 Å². The van der Waals surface area contributed by atoms with Crippen LogP contribution in [0.15, 0.2) is 45.9 Å². The van der Waals surface area contributed by atoms with Crippen molar-refractivity contribution < 1.29 is 9.21 Å². The Morgan fingerprint density at radius 2 is 1.79 bits per heavy atom. The average molecular weight is 499 g/mol. The van der Waals surface area contributed by atoms with E-state index in [1.54, 1.807) is 18.3 Å². The first kappa shape index (κ1) is 23.9. The summed E-state index contributed by atoms with van der Waals surface area (Å²) in [7, 11) is 0. The number of aromatic nitrogens is 1. The van der Waals surface area contributed by atoms with Crippen LogP contribution in [-0.2, 0) is 12.0 Å². The van der Waals surface area contributed by atoms with Gasteiger partial charge in [-0.15, -0.1) is 24.0 Å².